The molecule has 10 rings (SSSR count). The van der Waals surface area contributed by atoms with Crippen molar-refractivity contribution in [2.45, 2.75) is 76.9 Å². The second-order valence-electron chi connectivity index (χ2n) is 25.0. The van der Waals surface area contributed by atoms with Crippen molar-refractivity contribution < 1.29 is 61.9 Å². The molecule has 101 heavy (non-hydrogen) atoms. The third-order valence-corrected chi connectivity index (χ3v) is 18.2. The predicted molar refractivity (Wildman–Crippen MR) is 386 cm³/mol. The van der Waals surface area contributed by atoms with E-state index in [2.05, 4.69) is 10.6 Å². The minimum absolute atomic E-state index is 0.129. The summed E-state index contributed by atoms with van der Waals surface area (Å²) in [6, 6.07) is 36.5. The van der Waals surface area contributed by atoms with Gasteiger partial charge in [0.1, 0.15) is 59.8 Å². The van der Waals surface area contributed by atoms with Crippen molar-refractivity contribution >= 4 is 93.8 Å². The maximum Gasteiger partial charge on any atom is 0.326 e. The van der Waals surface area contributed by atoms with Gasteiger partial charge in [0.15, 0.2) is 0 Å². The Labute approximate surface area is 608 Å². The summed E-state index contributed by atoms with van der Waals surface area (Å²) in [5, 5.41) is 7.87. The van der Waals surface area contributed by atoms with E-state index in [1.807, 2.05) is 88.4 Å². The van der Waals surface area contributed by atoms with E-state index >= 15 is 9.59 Å². The van der Waals surface area contributed by atoms with Crippen LogP contribution in [0.25, 0.3) is 0 Å². The van der Waals surface area contributed by atoms with Crippen LogP contribution in [0.4, 0.5) is 9.59 Å². The van der Waals surface area contributed by atoms with Crippen molar-refractivity contribution in [1.82, 2.24) is 40.0 Å². The Balaban J connectivity index is 0.612. The fourth-order valence-electron chi connectivity index (χ4n) is 12.2. The first-order valence-corrected chi connectivity index (χ1v) is 35.1. The molecular formula is C74H84Cl4N10O13. The van der Waals surface area contributed by atoms with Crippen molar-refractivity contribution in [3.63, 3.8) is 0 Å². The van der Waals surface area contributed by atoms with Gasteiger partial charge in [-0.05, 0) is 136 Å². The lowest BCUT2D eigenvalue weighted by atomic mass is 9.93. The minimum atomic E-state index is -0.668. The lowest BCUT2D eigenvalue weighted by molar-refractivity contribution is -0.139. The summed E-state index contributed by atoms with van der Waals surface area (Å²) in [5.41, 5.74) is 4.26. The Morgan fingerprint density at radius 1 is 0.465 bits per heavy atom. The highest BCUT2D eigenvalue weighted by Gasteiger charge is 2.48. The van der Waals surface area contributed by atoms with Crippen LogP contribution in [0.3, 0.4) is 0 Å². The van der Waals surface area contributed by atoms with E-state index in [1.165, 1.54) is 19.6 Å². The molecule has 0 bridgehead atoms. The number of piperazine rings is 2. The van der Waals surface area contributed by atoms with Gasteiger partial charge < -0.3 is 63.4 Å². The third-order valence-electron chi connectivity index (χ3n) is 17.1. The molecule has 27 heteroatoms. The molecular weight excluding hydrogens is 1380 g/mol. The van der Waals surface area contributed by atoms with Gasteiger partial charge >= 0.3 is 12.1 Å². The van der Waals surface area contributed by atoms with Gasteiger partial charge in [-0.1, -0.05) is 94.9 Å². The number of amidine groups is 2. The topological polar surface area (TPSA) is 235 Å². The number of carbonyl (C=O) groups is 6. The van der Waals surface area contributed by atoms with Crippen LogP contribution in [0, 0.1) is 0 Å². The molecule has 4 aliphatic heterocycles. The van der Waals surface area contributed by atoms with Crippen LogP contribution in [0.2, 0.25) is 20.1 Å². The lowest BCUT2D eigenvalue weighted by Gasteiger charge is -2.38. The molecule has 6 aromatic rings. The third kappa shape index (κ3) is 19.5. The first-order valence-electron chi connectivity index (χ1n) is 33.6. The number of urea groups is 2. The van der Waals surface area contributed by atoms with Gasteiger partial charge in [0.2, 0.25) is 23.6 Å². The van der Waals surface area contributed by atoms with Crippen LogP contribution in [0.1, 0.15) is 98.1 Å². The Morgan fingerprint density at radius 3 is 1.13 bits per heavy atom. The fraction of sp³-hybridized carbons (Fsp3) is 0.405. The summed E-state index contributed by atoms with van der Waals surface area (Å²) in [4.78, 5) is 104. The van der Waals surface area contributed by atoms with Crippen molar-refractivity contribution in [2.75, 3.05) is 119 Å². The average Bonchev–Trinajstić information content (AvgIpc) is 1.61. The molecule has 0 spiro atoms. The molecule has 4 heterocycles. The largest absolute Gasteiger partial charge is 0.497 e. The molecule has 2 N–H and O–H groups in total. The number of halogens is 4. The van der Waals surface area contributed by atoms with Crippen molar-refractivity contribution in [3.8, 4) is 23.0 Å². The predicted octanol–water partition coefficient (Wildman–Crippen LogP) is 11.3. The first kappa shape index (κ1) is 75.0. The molecule has 4 atom stereocenters. The van der Waals surface area contributed by atoms with Crippen LogP contribution < -0.4 is 29.6 Å². The number of nitrogens with zero attached hydrogens (tertiary/aromatic N) is 8. The Bertz CT molecular complexity index is 3680. The van der Waals surface area contributed by atoms with Crippen LogP contribution in [0.5, 0.6) is 23.0 Å². The average molecular weight is 1460 g/mol. The summed E-state index contributed by atoms with van der Waals surface area (Å²) in [5.74, 6) is 1.31. The molecule has 0 aliphatic carbocycles. The summed E-state index contributed by atoms with van der Waals surface area (Å²) >= 11 is 25.5. The van der Waals surface area contributed by atoms with Gasteiger partial charge in [0.05, 0.1) is 89.2 Å². The number of nitrogens with one attached hydrogen (secondary N) is 2. The second kappa shape index (κ2) is 35.8. The lowest BCUT2D eigenvalue weighted by Crippen LogP contribution is -2.57. The minimum Gasteiger partial charge on any atom is -0.497 e. The highest BCUT2D eigenvalue weighted by atomic mass is 35.5. The standard InChI is InChI=1S/C74H84Cl4N10O13/c1-47(2)100-61-41-57(95-5)25-27-59(61)71-81-67(49-9-17-53(75)18-10-49)69(51-13-21-55(77)22-14-51)87(71)73(93)85-33-31-83(65(91)45-85)43-63(89)79-29-7-35-97-37-39-99-40-38-98-36-8-30-80-64(90)44-84-32-34-86(46-66(84)92)74(94)88-70(52-15-23-56(78)24-16-52)68(50-11-19-54(76)20-12-50)82-72(88)60-28-26-58(96-6)42-62(60)101-48(3)4/h9-28,41-42,47-48,67-70H,7-8,29-40,43-46H2,1-6H3,(H,79,89)(H,80,90)/t67-,68-,69+,70+/m1/s1. The highest BCUT2D eigenvalue weighted by Crippen LogP contribution is 2.48. The van der Waals surface area contributed by atoms with E-state index < -0.39 is 36.2 Å². The molecule has 6 aromatic carbocycles. The maximum atomic E-state index is 15.1. The Hall–Kier alpha value is -8.68. The summed E-state index contributed by atoms with van der Waals surface area (Å²) < 4.78 is 40.8. The summed E-state index contributed by atoms with van der Waals surface area (Å²) in [6.45, 7) is 10.0. The number of ether oxygens (including phenoxy) is 7. The first-order chi connectivity index (χ1) is 48.8. The fourth-order valence-corrected chi connectivity index (χ4v) is 12.7. The number of hydrogen-bond donors (Lipinski definition) is 2. The van der Waals surface area contributed by atoms with Gasteiger partial charge in [0, 0.05) is 84.7 Å². The van der Waals surface area contributed by atoms with Gasteiger partial charge in [-0.2, -0.15) is 0 Å². The molecule has 0 aromatic heterocycles. The number of hydrogen-bond acceptors (Lipinski definition) is 15. The molecule has 0 radical (unpaired) electrons. The van der Waals surface area contributed by atoms with Crippen LogP contribution in [-0.4, -0.2) is 208 Å². The van der Waals surface area contributed by atoms with Crippen molar-refractivity contribution in [1.29, 1.82) is 0 Å². The molecule has 0 unspecified atom stereocenters. The van der Waals surface area contributed by atoms with E-state index in [1.54, 1.807) is 96.8 Å². The van der Waals surface area contributed by atoms with E-state index in [9.17, 15) is 19.2 Å². The number of amides is 8. The maximum absolute atomic E-state index is 15.1. The van der Waals surface area contributed by atoms with Gasteiger partial charge in [-0.15, -0.1) is 0 Å². The summed E-state index contributed by atoms with van der Waals surface area (Å²) in [7, 11) is 3.13. The zero-order valence-corrected chi connectivity index (χ0v) is 60.3. The number of benzene rings is 6. The SMILES string of the molecule is COc1ccc(C2=N[C@H](c3ccc(Cl)cc3)[C@H](c3ccc(Cl)cc3)N2C(=O)N2CCN(CC(=O)NCCCOCCOCCOCCCNC(=O)CN3CCN(C(=O)N4C(c5ccc(OC)cc5OC(C)C)=N[C@H](c5ccc(Cl)cc5)[C@@H]4c4ccc(Cl)cc4)CC3=O)C(=O)C2)c(OC(C)C)c1. The number of rotatable bonds is 30. The van der Waals surface area contributed by atoms with Gasteiger partial charge in [0.25, 0.3) is 0 Å². The highest BCUT2D eigenvalue weighted by molar-refractivity contribution is 6.31. The van der Waals surface area contributed by atoms with Crippen molar-refractivity contribution in [3.05, 3.63) is 187 Å². The van der Waals surface area contributed by atoms with Crippen LogP contribution in [-0.2, 0) is 33.4 Å². The van der Waals surface area contributed by atoms with E-state index in [0.29, 0.717) is 131 Å². The number of methoxy groups -OCH3 is 2. The molecule has 536 valence electrons. The molecule has 2 fully saturated rings. The molecule has 4 aliphatic rings. The quantitative estimate of drug-likeness (QED) is 0.0400. The smallest absolute Gasteiger partial charge is 0.326 e. The van der Waals surface area contributed by atoms with E-state index in [-0.39, 0.29) is 88.2 Å². The van der Waals surface area contributed by atoms with E-state index in [0.717, 1.165) is 22.3 Å². The zero-order valence-electron chi connectivity index (χ0n) is 57.3. The second-order valence-corrected chi connectivity index (χ2v) is 26.7. The van der Waals surface area contributed by atoms with Crippen LogP contribution >= 0.6 is 46.4 Å². The molecule has 0 saturated carbocycles. The number of aliphatic imine (C=N–C) groups is 2. The number of carbonyl (C=O) groups excluding carboxylic acids is 6. The van der Waals surface area contributed by atoms with Gasteiger partial charge in [-0.25, -0.2) is 9.59 Å². The summed E-state index contributed by atoms with van der Waals surface area (Å²) in [6.07, 6.45) is 0.600. The Kier molecular flexibility index (Phi) is 26.6. The zero-order chi connectivity index (χ0) is 71.7. The van der Waals surface area contributed by atoms with E-state index in [4.69, 9.17) is 89.5 Å². The van der Waals surface area contributed by atoms with Crippen molar-refractivity contribution in [2.24, 2.45) is 9.98 Å². The molecule has 2 saturated heterocycles. The Morgan fingerprint density at radius 2 is 0.802 bits per heavy atom. The normalized spacial score (nSPS) is 17.7. The molecule has 8 amide bonds. The molecule has 23 nitrogen and oxygen atoms in total. The van der Waals surface area contributed by atoms with Gasteiger partial charge in [-0.3, -0.25) is 39.0 Å². The van der Waals surface area contributed by atoms with Crippen LogP contribution in [0.15, 0.2) is 143 Å². The monoisotopic (exact) mass is 1460 g/mol.